The van der Waals surface area contributed by atoms with E-state index in [9.17, 15) is 0 Å². The fourth-order valence-corrected chi connectivity index (χ4v) is 9.84. The predicted molar refractivity (Wildman–Crippen MR) is 225 cm³/mol. The van der Waals surface area contributed by atoms with Crippen molar-refractivity contribution in [3.05, 3.63) is 169 Å². The van der Waals surface area contributed by atoms with Crippen molar-refractivity contribution < 1.29 is 8.83 Å². The Labute approximate surface area is 307 Å². The monoisotopic (exact) mass is 692 g/mol. The molecule has 0 atom stereocenters. The molecule has 3 heteroatoms. The maximum atomic E-state index is 6.65. The second-order valence-corrected chi connectivity index (χ2v) is 14.8. The minimum atomic E-state index is 0.905. The Morgan fingerprint density at radius 1 is 0.358 bits per heavy atom. The van der Waals surface area contributed by atoms with Crippen LogP contribution in [0.15, 0.2) is 178 Å². The van der Waals surface area contributed by atoms with Crippen molar-refractivity contribution in [1.29, 1.82) is 0 Å². The Hall–Kier alpha value is -6.68. The molecular formula is C50H28O2S. The zero-order valence-electron chi connectivity index (χ0n) is 28.4. The number of thiophene rings is 1. The third-order valence-electron chi connectivity index (χ3n) is 11.1. The highest BCUT2D eigenvalue weighted by atomic mass is 32.1. The summed E-state index contributed by atoms with van der Waals surface area (Å²) in [6.07, 6.45) is 0. The van der Waals surface area contributed by atoms with Crippen molar-refractivity contribution in [2.45, 2.75) is 0 Å². The van der Waals surface area contributed by atoms with E-state index in [1.807, 2.05) is 0 Å². The lowest BCUT2D eigenvalue weighted by Crippen LogP contribution is -1.90. The van der Waals surface area contributed by atoms with Gasteiger partial charge in [0.05, 0.1) is 4.70 Å². The first kappa shape index (κ1) is 29.0. The quantitative estimate of drug-likeness (QED) is 0.172. The number of fused-ring (bicyclic) bond motifs is 12. The minimum absolute atomic E-state index is 0.905. The van der Waals surface area contributed by atoms with E-state index in [2.05, 4.69) is 169 Å². The third kappa shape index (κ3) is 4.14. The van der Waals surface area contributed by atoms with Gasteiger partial charge in [0, 0.05) is 32.5 Å². The van der Waals surface area contributed by atoms with Gasteiger partial charge in [0.2, 0.25) is 0 Å². The molecule has 3 aromatic heterocycles. The van der Waals surface area contributed by atoms with Crippen LogP contribution in [0.1, 0.15) is 0 Å². The zero-order valence-corrected chi connectivity index (χ0v) is 29.2. The van der Waals surface area contributed by atoms with Crippen LogP contribution in [0, 0.1) is 0 Å². The van der Waals surface area contributed by atoms with E-state index in [0.29, 0.717) is 0 Å². The van der Waals surface area contributed by atoms with Crippen LogP contribution in [0.3, 0.4) is 0 Å². The normalized spacial score (nSPS) is 12.2. The van der Waals surface area contributed by atoms with Gasteiger partial charge in [0.1, 0.15) is 16.7 Å². The lowest BCUT2D eigenvalue weighted by atomic mass is 9.85. The van der Waals surface area contributed by atoms with E-state index in [1.165, 1.54) is 81.2 Å². The van der Waals surface area contributed by atoms with Crippen molar-refractivity contribution in [2.75, 3.05) is 0 Å². The van der Waals surface area contributed by atoms with Gasteiger partial charge < -0.3 is 8.83 Å². The average Bonchev–Trinajstić information content (AvgIpc) is 3.93. The molecule has 2 nitrogen and oxygen atoms in total. The molecule has 0 saturated heterocycles. The first-order valence-corrected chi connectivity index (χ1v) is 18.9. The molecule has 0 saturated carbocycles. The molecule has 246 valence electrons. The molecule has 0 aliphatic heterocycles. The maximum Gasteiger partial charge on any atom is 0.153 e. The van der Waals surface area contributed by atoms with E-state index < -0.39 is 0 Å². The molecule has 0 bridgehead atoms. The molecule has 0 unspecified atom stereocenters. The standard InChI is InChI=1S/C50H28O2S/c1-2-10-29(11-3-1)42-28-53-50-39(42)22-21-38-40-26-31(19-23-43(40)52-49(38)50)46-34-14-6-8-16-36(34)47(37-17-9-7-15-35(37)46)32-20-24-44-41(27-32)48-33-13-5-4-12-30(33)18-25-45(48)51-44/h1-28H. The molecule has 12 rings (SSSR count). The highest BCUT2D eigenvalue weighted by Gasteiger charge is 2.20. The Morgan fingerprint density at radius 2 is 0.925 bits per heavy atom. The van der Waals surface area contributed by atoms with Crippen LogP contribution < -0.4 is 0 Å². The molecule has 0 N–H and O–H groups in total. The highest BCUT2D eigenvalue weighted by Crippen LogP contribution is 2.47. The Morgan fingerprint density at radius 3 is 1.62 bits per heavy atom. The van der Waals surface area contributed by atoms with Crippen molar-refractivity contribution in [3.63, 3.8) is 0 Å². The van der Waals surface area contributed by atoms with E-state index in [0.717, 1.165) is 38.5 Å². The topological polar surface area (TPSA) is 26.3 Å². The van der Waals surface area contributed by atoms with Crippen molar-refractivity contribution in [3.8, 4) is 33.4 Å². The van der Waals surface area contributed by atoms with E-state index in [1.54, 1.807) is 11.3 Å². The lowest BCUT2D eigenvalue weighted by Gasteiger charge is -2.18. The minimum Gasteiger partial charge on any atom is -0.456 e. The van der Waals surface area contributed by atoms with E-state index in [-0.39, 0.29) is 0 Å². The van der Waals surface area contributed by atoms with Crippen LogP contribution >= 0.6 is 11.3 Å². The number of rotatable bonds is 3. The molecular weight excluding hydrogens is 665 g/mol. The Balaban J connectivity index is 1.09. The van der Waals surface area contributed by atoms with Crippen LogP contribution in [0.5, 0.6) is 0 Å². The summed E-state index contributed by atoms with van der Waals surface area (Å²) in [5.41, 5.74) is 11.0. The maximum absolute atomic E-state index is 6.65. The van der Waals surface area contributed by atoms with Gasteiger partial charge in [-0.05, 0) is 102 Å². The molecule has 0 aliphatic rings. The summed E-state index contributed by atoms with van der Waals surface area (Å²) >= 11 is 1.76. The van der Waals surface area contributed by atoms with Gasteiger partial charge >= 0.3 is 0 Å². The number of hydrogen-bond donors (Lipinski definition) is 0. The summed E-state index contributed by atoms with van der Waals surface area (Å²) in [4.78, 5) is 0. The molecule has 0 fully saturated rings. The second-order valence-electron chi connectivity index (χ2n) is 14.0. The molecule has 53 heavy (non-hydrogen) atoms. The molecule has 0 spiro atoms. The Bertz CT molecular complexity index is 3390. The Kier molecular flexibility index (Phi) is 5.96. The van der Waals surface area contributed by atoms with Gasteiger partial charge in [-0.1, -0.05) is 127 Å². The van der Waals surface area contributed by atoms with Crippen LogP contribution in [0.25, 0.3) is 120 Å². The summed E-state index contributed by atoms with van der Waals surface area (Å²) in [6.45, 7) is 0. The first-order chi connectivity index (χ1) is 26.3. The van der Waals surface area contributed by atoms with Gasteiger partial charge in [-0.3, -0.25) is 0 Å². The molecule has 9 aromatic carbocycles. The van der Waals surface area contributed by atoms with Gasteiger partial charge in [-0.15, -0.1) is 11.3 Å². The fraction of sp³-hybridized carbons (Fsp3) is 0. The smallest absolute Gasteiger partial charge is 0.153 e. The van der Waals surface area contributed by atoms with E-state index >= 15 is 0 Å². The molecule has 3 heterocycles. The average molecular weight is 693 g/mol. The van der Waals surface area contributed by atoms with Crippen LogP contribution in [-0.4, -0.2) is 0 Å². The van der Waals surface area contributed by atoms with Crippen LogP contribution in [0.4, 0.5) is 0 Å². The van der Waals surface area contributed by atoms with Crippen molar-refractivity contribution >= 4 is 97.6 Å². The summed E-state index contributed by atoms with van der Waals surface area (Å²) in [7, 11) is 0. The first-order valence-electron chi connectivity index (χ1n) is 18.0. The number of hydrogen-bond acceptors (Lipinski definition) is 3. The van der Waals surface area contributed by atoms with Gasteiger partial charge in [-0.25, -0.2) is 0 Å². The SMILES string of the molecule is c1ccc(-c2csc3c2ccc2c4cc(-c5c6ccccc6c(-c6ccc7oc8ccc9ccccc9c8c7c6)c6ccccc56)ccc4oc23)cc1. The molecule has 12 aromatic rings. The fourth-order valence-electron chi connectivity index (χ4n) is 8.78. The van der Waals surface area contributed by atoms with Gasteiger partial charge in [0.15, 0.2) is 5.58 Å². The van der Waals surface area contributed by atoms with Crippen molar-refractivity contribution in [1.82, 2.24) is 0 Å². The van der Waals surface area contributed by atoms with Crippen LogP contribution in [-0.2, 0) is 0 Å². The zero-order chi connectivity index (χ0) is 34.6. The summed E-state index contributed by atoms with van der Waals surface area (Å²) in [5.74, 6) is 0. The summed E-state index contributed by atoms with van der Waals surface area (Å²) < 4.78 is 14.2. The second kappa shape index (κ2) is 10.9. The van der Waals surface area contributed by atoms with Gasteiger partial charge in [0.25, 0.3) is 0 Å². The van der Waals surface area contributed by atoms with Crippen LogP contribution in [0.2, 0.25) is 0 Å². The van der Waals surface area contributed by atoms with Crippen molar-refractivity contribution in [2.24, 2.45) is 0 Å². The highest BCUT2D eigenvalue weighted by molar-refractivity contribution is 7.18. The summed E-state index contributed by atoms with van der Waals surface area (Å²) in [6, 6.07) is 59.1. The largest absolute Gasteiger partial charge is 0.456 e. The number of benzene rings is 9. The molecule has 0 radical (unpaired) electrons. The third-order valence-corrected chi connectivity index (χ3v) is 12.1. The van der Waals surface area contributed by atoms with Gasteiger partial charge in [-0.2, -0.15) is 0 Å². The predicted octanol–water partition coefficient (Wildman–Crippen LogP) is 15.2. The lowest BCUT2D eigenvalue weighted by molar-refractivity contribution is 0.669. The molecule has 0 aliphatic carbocycles. The van der Waals surface area contributed by atoms with E-state index in [4.69, 9.17) is 8.83 Å². The number of furan rings is 2. The summed E-state index contributed by atoms with van der Waals surface area (Å²) in [5, 5.41) is 15.4. The molecule has 0 amide bonds.